The maximum atomic E-state index is 10.4. The van der Waals surface area contributed by atoms with Gasteiger partial charge in [0.15, 0.2) is 12.6 Å². The molecule has 12 heteroatoms. The van der Waals surface area contributed by atoms with Crippen molar-refractivity contribution in [3.63, 3.8) is 0 Å². The van der Waals surface area contributed by atoms with Crippen LogP contribution in [-0.4, -0.2) is 110 Å². The van der Waals surface area contributed by atoms with Crippen LogP contribution < -0.4 is 0 Å². The lowest BCUT2D eigenvalue weighted by Gasteiger charge is -2.42. The second-order valence-electron chi connectivity index (χ2n) is 7.44. The molecule has 0 radical (unpaired) electrons. The van der Waals surface area contributed by atoms with Gasteiger partial charge in [0.2, 0.25) is 0 Å². The van der Waals surface area contributed by atoms with Gasteiger partial charge in [0.25, 0.3) is 0 Å². The standard InChI is InChI=1S/C19H27BrO11/c20-9-4-2-1-3-8(9)6-28-17-15(25)13(23)11(30-18(17)27)7-29-19-16(26)14(24)12(22)10(5-21)31-19/h1-4,10-19,21-27H,5-7H2/t10-,11-,12-,13-,14+,15+,16-,17-,18-,19-/m1/s1. The minimum absolute atomic E-state index is 0.0440. The van der Waals surface area contributed by atoms with Crippen LogP contribution in [0.25, 0.3) is 0 Å². The highest BCUT2D eigenvalue weighted by molar-refractivity contribution is 9.10. The summed E-state index contributed by atoms with van der Waals surface area (Å²) in [6.07, 6.45) is -14.4. The molecule has 0 amide bonds. The quantitative estimate of drug-likeness (QED) is 0.207. The van der Waals surface area contributed by atoms with E-state index in [0.29, 0.717) is 0 Å². The van der Waals surface area contributed by atoms with Gasteiger partial charge in [-0.25, -0.2) is 0 Å². The molecule has 0 unspecified atom stereocenters. The highest BCUT2D eigenvalue weighted by Crippen LogP contribution is 2.27. The first kappa shape index (κ1) is 24.9. The summed E-state index contributed by atoms with van der Waals surface area (Å²) in [6.45, 7) is -1.02. The largest absolute Gasteiger partial charge is 0.394 e. The predicted octanol–water partition coefficient (Wildman–Crippen LogP) is -2.41. The van der Waals surface area contributed by atoms with Crippen molar-refractivity contribution in [2.45, 2.75) is 68.0 Å². The molecule has 1 aromatic rings. The Hall–Kier alpha value is -0.740. The maximum absolute atomic E-state index is 10.4. The number of ether oxygens (including phenoxy) is 4. The Morgan fingerprint density at radius 1 is 0.806 bits per heavy atom. The molecular weight excluding hydrogens is 484 g/mol. The van der Waals surface area contributed by atoms with Crippen LogP contribution in [0.1, 0.15) is 5.56 Å². The minimum atomic E-state index is -1.63. The third-order valence-corrected chi connectivity index (χ3v) is 6.10. The van der Waals surface area contributed by atoms with E-state index in [4.69, 9.17) is 18.9 Å². The molecule has 2 fully saturated rings. The predicted molar refractivity (Wildman–Crippen MR) is 105 cm³/mol. The summed E-state index contributed by atoms with van der Waals surface area (Å²) >= 11 is 3.37. The summed E-state index contributed by atoms with van der Waals surface area (Å²) in [6, 6.07) is 7.23. The third kappa shape index (κ3) is 5.61. The summed E-state index contributed by atoms with van der Waals surface area (Å²) in [5.41, 5.74) is 0.768. The fourth-order valence-electron chi connectivity index (χ4n) is 3.43. The first-order valence-corrected chi connectivity index (χ1v) is 10.5. The third-order valence-electron chi connectivity index (χ3n) is 5.33. The Bertz CT molecular complexity index is 707. The van der Waals surface area contributed by atoms with Crippen molar-refractivity contribution in [3.8, 4) is 0 Å². The topological polar surface area (TPSA) is 179 Å². The van der Waals surface area contributed by atoms with E-state index in [1.54, 1.807) is 12.1 Å². The molecule has 7 N–H and O–H groups in total. The van der Waals surface area contributed by atoms with E-state index in [1.165, 1.54) is 0 Å². The van der Waals surface area contributed by atoms with E-state index in [9.17, 15) is 35.7 Å². The van der Waals surface area contributed by atoms with Crippen molar-refractivity contribution >= 4 is 15.9 Å². The molecule has 11 nitrogen and oxygen atoms in total. The number of hydrogen-bond donors (Lipinski definition) is 7. The average molecular weight is 511 g/mol. The normalized spacial score (nSPS) is 41.3. The first-order chi connectivity index (χ1) is 14.7. The fraction of sp³-hybridized carbons (Fsp3) is 0.684. The zero-order chi connectivity index (χ0) is 22.7. The van der Waals surface area contributed by atoms with Crippen molar-refractivity contribution in [1.82, 2.24) is 0 Å². The molecule has 2 heterocycles. The zero-order valence-electron chi connectivity index (χ0n) is 16.3. The lowest BCUT2D eigenvalue weighted by atomic mass is 9.98. The number of rotatable bonds is 7. The van der Waals surface area contributed by atoms with Gasteiger partial charge in [-0.2, -0.15) is 0 Å². The van der Waals surface area contributed by atoms with E-state index < -0.39 is 74.6 Å². The molecule has 2 aliphatic heterocycles. The zero-order valence-corrected chi connectivity index (χ0v) is 17.9. The molecular formula is C19H27BrO11. The first-order valence-electron chi connectivity index (χ1n) is 9.71. The number of benzene rings is 1. The molecule has 0 aromatic heterocycles. The Labute approximate surface area is 186 Å². The second kappa shape index (κ2) is 10.9. The summed E-state index contributed by atoms with van der Waals surface area (Å²) < 4.78 is 22.2. The lowest BCUT2D eigenvalue weighted by Crippen LogP contribution is -2.61. The number of aliphatic hydroxyl groups is 7. The summed E-state index contributed by atoms with van der Waals surface area (Å²) in [7, 11) is 0. The Morgan fingerprint density at radius 2 is 1.48 bits per heavy atom. The second-order valence-corrected chi connectivity index (χ2v) is 8.30. The van der Waals surface area contributed by atoms with Gasteiger partial charge in [-0.1, -0.05) is 34.1 Å². The molecule has 31 heavy (non-hydrogen) atoms. The number of aliphatic hydroxyl groups excluding tert-OH is 7. The van der Waals surface area contributed by atoms with Crippen LogP contribution in [0.4, 0.5) is 0 Å². The van der Waals surface area contributed by atoms with Crippen LogP contribution in [0.3, 0.4) is 0 Å². The number of halogens is 1. The summed E-state index contributed by atoms with van der Waals surface area (Å²) in [4.78, 5) is 0. The van der Waals surface area contributed by atoms with Crippen molar-refractivity contribution in [2.75, 3.05) is 13.2 Å². The van der Waals surface area contributed by atoms with Crippen molar-refractivity contribution in [3.05, 3.63) is 34.3 Å². The van der Waals surface area contributed by atoms with E-state index in [1.807, 2.05) is 12.1 Å². The smallest absolute Gasteiger partial charge is 0.186 e. The van der Waals surface area contributed by atoms with E-state index in [2.05, 4.69) is 15.9 Å². The van der Waals surface area contributed by atoms with Gasteiger partial charge in [-0.05, 0) is 11.6 Å². The molecule has 176 valence electrons. The van der Waals surface area contributed by atoms with Crippen LogP contribution in [0.2, 0.25) is 0 Å². The van der Waals surface area contributed by atoms with E-state index in [-0.39, 0.29) is 6.61 Å². The maximum Gasteiger partial charge on any atom is 0.186 e. The van der Waals surface area contributed by atoms with Gasteiger partial charge in [0.05, 0.1) is 19.8 Å². The van der Waals surface area contributed by atoms with Crippen LogP contribution in [0, 0.1) is 0 Å². The lowest BCUT2D eigenvalue weighted by molar-refractivity contribution is -0.329. The Balaban J connectivity index is 1.55. The van der Waals surface area contributed by atoms with Crippen molar-refractivity contribution in [1.29, 1.82) is 0 Å². The van der Waals surface area contributed by atoms with Crippen LogP contribution >= 0.6 is 15.9 Å². The molecule has 0 bridgehead atoms. The van der Waals surface area contributed by atoms with Crippen LogP contribution in [0.15, 0.2) is 28.7 Å². The van der Waals surface area contributed by atoms with E-state index in [0.717, 1.165) is 10.0 Å². The molecule has 0 aliphatic carbocycles. The summed E-state index contributed by atoms with van der Waals surface area (Å²) in [5, 5.41) is 69.8. The highest BCUT2D eigenvalue weighted by Gasteiger charge is 2.47. The van der Waals surface area contributed by atoms with Crippen molar-refractivity contribution < 1.29 is 54.7 Å². The molecule has 2 aliphatic rings. The Kier molecular flexibility index (Phi) is 8.77. The van der Waals surface area contributed by atoms with Gasteiger partial charge in [-0.3, -0.25) is 0 Å². The summed E-state index contributed by atoms with van der Waals surface area (Å²) in [5.74, 6) is 0. The van der Waals surface area contributed by atoms with Gasteiger partial charge in [0, 0.05) is 4.47 Å². The van der Waals surface area contributed by atoms with E-state index >= 15 is 0 Å². The van der Waals surface area contributed by atoms with Crippen LogP contribution in [0.5, 0.6) is 0 Å². The van der Waals surface area contributed by atoms with Crippen molar-refractivity contribution in [2.24, 2.45) is 0 Å². The minimum Gasteiger partial charge on any atom is -0.394 e. The molecule has 2 saturated heterocycles. The monoisotopic (exact) mass is 510 g/mol. The Morgan fingerprint density at radius 3 is 2.16 bits per heavy atom. The van der Waals surface area contributed by atoms with Gasteiger partial charge in [0.1, 0.15) is 48.8 Å². The van der Waals surface area contributed by atoms with Crippen LogP contribution in [-0.2, 0) is 25.6 Å². The van der Waals surface area contributed by atoms with Gasteiger partial charge in [-0.15, -0.1) is 0 Å². The SMILES string of the molecule is OC[C@H]1O[C@@H](OC[C@H]2O[C@@H](O)[C@H](OCc3ccccc3Br)[C@@H](O)[C@@H]2O)[C@H](O)[C@@H](O)[C@@H]1O. The fourth-order valence-corrected chi connectivity index (χ4v) is 3.83. The molecule has 0 spiro atoms. The van der Waals surface area contributed by atoms with Gasteiger partial charge >= 0.3 is 0 Å². The molecule has 10 atom stereocenters. The number of hydrogen-bond acceptors (Lipinski definition) is 11. The molecule has 0 saturated carbocycles. The highest BCUT2D eigenvalue weighted by atomic mass is 79.9. The molecule has 3 rings (SSSR count). The van der Waals surface area contributed by atoms with Gasteiger partial charge < -0.3 is 54.7 Å². The average Bonchev–Trinajstić information content (AvgIpc) is 2.76. The molecule has 1 aromatic carbocycles.